The van der Waals surface area contributed by atoms with Crippen LogP contribution in [0.1, 0.15) is 23.0 Å². The highest BCUT2D eigenvalue weighted by molar-refractivity contribution is 6.46. The number of likely N-dealkylation sites (tertiary alicyclic amines) is 1. The number of aliphatic hydroxyl groups is 1. The second-order valence-corrected chi connectivity index (χ2v) is 8.26. The zero-order valence-electron chi connectivity index (χ0n) is 17.5. The molecule has 1 aliphatic rings. The normalized spacial score (nSPS) is 18.5. The topological polar surface area (TPSA) is 78.1 Å². The van der Waals surface area contributed by atoms with E-state index in [0.29, 0.717) is 40.7 Å². The molecule has 0 bridgehead atoms. The Morgan fingerprint density at radius 1 is 1.19 bits per heavy atom. The third-order valence-corrected chi connectivity index (χ3v) is 5.66. The van der Waals surface area contributed by atoms with Gasteiger partial charge in [-0.3, -0.25) is 14.0 Å². The number of imidazole rings is 1. The van der Waals surface area contributed by atoms with Crippen LogP contribution >= 0.6 is 11.6 Å². The summed E-state index contributed by atoms with van der Waals surface area (Å²) in [6.45, 7) is 2.66. The van der Waals surface area contributed by atoms with Crippen molar-refractivity contribution in [2.75, 3.05) is 27.2 Å². The van der Waals surface area contributed by atoms with Crippen LogP contribution in [0.3, 0.4) is 0 Å². The number of amides is 1. The number of aromatic nitrogens is 2. The number of Topliss-reactive ketones (excluding diaryl/α,β-unsaturated/α-hetero) is 1. The van der Waals surface area contributed by atoms with Gasteiger partial charge in [0.25, 0.3) is 11.7 Å². The minimum absolute atomic E-state index is 0.0415. The van der Waals surface area contributed by atoms with E-state index < -0.39 is 17.7 Å². The van der Waals surface area contributed by atoms with Gasteiger partial charge in [-0.05, 0) is 50.8 Å². The maximum atomic E-state index is 13.1. The molecular weight excluding hydrogens is 416 g/mol. The monoisotopic (exact) mass is 438 g/mol. The molecule has 31 heavy (non-hydrogen) atoms. The van der Waals surface area contributed by atoms with Crippen LogP contribution in [-0.4, -0.2) is 63.2 Å². The molecule has 4 rings (SSSR count). The maximum absolute atomic E-state index is 13.1. The second-order valence-electron chi connectivity index (χ2n) is 7.83. The van der Waals surface area contributed by atoms with Crippen LogP contribution in [0.5, 0.6) is 0 Å². The van der Waals surface area contributed by atoms with E-state index in [0.717, 1.165) is 0 Å². The van der Waals surface area contributed by atoms with Crippen LogP contribution < -0.4 is 0 Å². The summed E-state index contributed by atoms with van der Waals surface area (Å²) in [6.07, 6.45) is 1.76. The average molecular weight is 439 g/mol. The third kappa shape index (κ3) is 3.71. The first-order valence-electron chi connectivity index (χ1n) is 9.92. The van der Waals surface area contributed by atoms with Gasteiger partial charge >= 0.3 is 0 Å². The number of rotatable bonds is 5. The number of hydrogen-bond acceptors (Lipinski definition) is 5. The molecule has 1 aliphatic heterocycles. The number of nitrogens with zero attached hydrogens (tertiary/aromatic N) is 4. The molecule has 1 N–H and O–H groups in total. The van der Waals surface area contributed by atoms with Gasteiger partial charge in [-0.25, -0.2) is 4.98 Å². The van der Waals surface area contributed by atoms with Crippen LogP contribution in [0.15, 0.2) is 54.2 Å². The average Bonchev–Trinajstić information content (AvgIpc) is 3.19. The smallest absolute Gasteiger partial charge is 0.295 e. The van der Waals surface area contributed by atoms with Crippen LogP contribution in [0, 0.1) is 6.92 Å². The van der Waals surface area contributed by atoms with Crippen molar-refractivity contribution >= 4 is 34.7 Å². The number of benzene rings is 1. The number of pyridine rings is 1. The molecule has 0 spiro atoms. The van der Waals surface area contributed by atoms with Gasteiger partial charge in [0, 0.05) is 24.3 Å². The molecule has 3 aromatic rings. The Hall–Kier alpha value is -3.16. The molecule has 2 aromatic heterocycles. The fraction of sp³-hybridized carbons (Fsp3) is 0.261. The van der Waals surface area contributed by atoms with E-state index >= 15 is 0 Å². The quantitative estimate of drug-likeness (QED) is 0.376. The van der Waals surface area contributed by atoms with Gasteiger partial charge in [-0.2, -0.15) is 0 Å². The number of aliphatic hydroxyl groups excluding tert-OH is 1. The highest BCUT2D eigenvalue weighted by Gasteiger charge is 2.46. The van der Waals surface area contributed by atoms with Gasteiger partial charge in [0.15, 0.2) is 5.76 Å². The summed E-state index contributed by atoms with van der Waals surface area (Å²) in [7, 11) is 3.79. The minimum atomic E-state index is -0.743. The van der Waals surface area contributed by atoms with Gasteiger partial charge in [-0.15, -0.1) is 0 Å². The van der Waals surface area contributed by atoms with Crippen molar-refractivity contribution < 1.29 is 14.7 Å². The van der Waals surface area contributed by atoms with E-state index in [-0.39, 0.29) is 11.3 Å². The molecule has 3 heterocycles. The van der Waals surface area contributed by atoms with E-state index in [4.69, 9.17) is 11.6 Å². The summed E-state index contributed by atoms with van der Waals surface area (Å²) < 4.78 is 1.72. The lowest BCUT2D eigenvalue weighted by Crippen LogP contribution is -2.35. The molecule has 0 aliphatic carbocycles. The van der Waals surface area contributed by atoms with Crippen molar-refractivity contribution in [1.29, 1.82) is 0 Å². The summed E-state index contributed by atoms with van der Waals surface area (Å²) in [5.41, 5.74) is 2.31. The van der Waals surface area contributed by atoms with Gasteiger partial charge < -0.3 is 14.9 Å². The zero-order valence-corrected chi connectivity index (χ0v) is 18.3. The maximum Gasteiger partial charge on any atom is 0.295 e. The highest BCUT2D eigenvalue weighted by atomic mass is 35.5. The molecule has 1 atom stereocenters. The predicted molar refractivity (Wildman–Crippen MR) is 119 cm³/mol. The van der Waals surface area contributed by atoms with E-state index in [2.05, 4.69) is 4.98 Å². The Kier molecular flexibility index (Phi) is 5.56. The van der Waals surface area contributed by atoms with E-state index in [1.807, 2.05) is 37.2 Å². The van der Waals surface area contributed by atoms with Crippen molar-refractivity contribution in [3.8, 4) is 0 Å². The number of ketones is 1. The first-order valence-corrected chi connectivity index (χ1v) is 10.3. The Bertz CT molecular complexity index is 1210. The first-order chi connectivity index (χ1) is 14.8. The molecule has 0 radical (unpaired) electrons. The SMILES string of the molecule is Cc1nc2ccccn2c1C(O)=C1C(=O)C(=O)N(CCN(C)C)[C@H]1c1cccc(Cl)c1. The molecule has 7 nitrogen and oxygen atoms in total. The predicted octanol–water partition coefficient (Wildman–Crippen LogP) is 3.28. The molecule has 8 heteroatoms. The molecule has 1 saturated heterocycles. The summed E-state index contributed by atoms with van der Waals surface area (Å²) in [6, 6.07) is 11.7. The Morgan fingerprint density at radius 3 is 2.68 bits per heavy atom. The van der Waals surface area contributed by atoms with E-state index in [1.165, 1.54) is 4.90 Å². The third-order valence-electron chi connectivity index (χ3n) is 5.42. The number of carbonyl (C=O) groups excluding carboxylic acids is 2. The Morgan fingerprint density at radius 2 is 1.97 bits per heavy atom. The van der Waals surface area contributed by atoms with Crippen molar-refractivity contribution in [3.05, 3.63) is 76.2 Å². The molecule has 1 aromatic carbocycles. The van der Waals surface area contributed by atoms with Gasteiger partial charge in [-0.1, -0.05) is 29.8 Å². The molecule has 0 saturated carbocycles. The molecule has 160 valence electrons. The summed E-state index contributed by atoms with van der Waals surface area (Å²) in [5.74, 6) is -1.60. The summed E-state index contributed by atoms with van der Waals surface area (Å²) >= 11 is 6.21. The van der Waals surface area contributed by atoms with Crippen molar-refractivity contribution in [2.45, 2.75) is 13.0 Å². The zero-order chi connectivity index (χ0) is 22.3. The standard InChI is InChI=1S/C23H23ClN4O3/c1-14-19(27-10-5-4-9-17(27)25-14)21(29)18-20(15-7-6-8-16(24)13-15)28(12-11-26(2)3)23(31)22(18)30/h4-10,13,20,29H,11-12H2,1-3H3/t20-/m0/s1. The number of halogens is 1. The van der Waals surface area contributed by atoms with Gasteiger partial charge in [0.2, 0.25) is 0 Å². The Labute approximate surface area is 185 Å². The highest BCUT2D eigenvalue weighted by Crippen LogP contribution is 2.40. The van der Waals surface area contributed by atoms with Crippen molar-refractivity contribution in [3.63, 3.8) is 0 Å². The summed E-state index contributed by atoms with van der Waals surface area (Å²) in [5, 5.41) is 11.8. The first kappa shape index (κ1) is 21.1. The molecule has 0 unspecified atom stereocenters. The molecule has 1 fully saturated rings. The van der Waals surface area contributed by atoms with Crippen LogP contribution in [0.25, 0.3) is 11.4 Å². The summed E-state index contributed by atoms with van der Waals surface area (Å²) in [4.78, 5) is 34.0. The van der Waals surface area contributed by atoms with Crippen LogP contribution in [-0.2, 0) is 9.59 Å². The van der Waals surface area contributed by atoms with Crippen LogP contribution in [0.4, 0.5) is 0 Å². The van der Waals surface area contributed by atoms with Crippen LogP contribution in [0.2, 0.25) is 5.02 Å². The molecule has 1 amide bonds. The van der Waals surface area contributed by atoms with E-state index in [9.17, 15) is 14.7 Å². The number of aryl methyl sites for hydroxylation is 1. The Balaban J connectivity index is 1.93. The van der Waals surface area contributed by atoms with E-state index in [1.54, 1.807) is 41.8 Å². The van der Waals surface area contributed by atoms with Crippen molar-refractivity contribution in [1.82, 2.24) is 19.2 Å². The fourth-order valence-corrected chi connectivity index (χ4v) is 4.17. The minimum Gasteiger partial charge on any atom is -0.505 e. The number of fused-ring (bicyclic) bond motifs is 1. The fourth-order valence-electron chi connectivity index (χ4n) is 3.97. The largest absolute Gasteiger partial charge is 0.505 e. The van der Waals surface area contributed by atoms with Crippen molar-refractivity contribution in [2.24, 2.45) is 0 Å². The lowest BCUT2D eigenvalue weighted by Gasteiger charge is -2.26. The number of hydrogen-bond donors (Lipinski definition) is 1. The second kappa shape index (κ2) is 8.17. The number of carbonyl (C=O) groups is 2. The lowest BCUT2D eigenvalue weighted by atomic mass is 9.96. The number of likely N-dealkylation sites (N-methyl/N-ethyl adjacent to an activating group) is 1. The van der Waals surface area contributed by atoms with Gasteiger partial charge in [0.1, 0.15) is 11.3 Å². The lowest BCUT2D eigenvalue weighted by molar-refractivity contribution is -0.140. The molecular formula is C23H23ClN4O3. The van der Waals surface area contributed by atoms with Gasteiger partial charge in [0.05, 0.1) is 17.3 Å².